The first kappa shape index (κ1) is 13.4. The van der Waals surface area contributed by atoms with E-state index >= 15 is 0 Å². The minimum absolute atomic E-state index is 0.107. The van der Waals surface area contributed by atoms with Gasteiger partial charge in [-0.2, -0.15) is 0 Å². The Morgan fingerprint density at radius 1 is 1.21 bits per heavy atom. The maximum atomic E-state index is 11.1. The lowest BCUT2D eigenvalue weighted by atomic mass is 9.83. The monoisotopic (exact) mass is 455 g/mol. The molecule has 0 bridgehead atoms. The van der Waals surface area contributed by atoms with Crippen molar-refractivity contribution in [2.24, 2.45) is 0 Å². The molecule has 1 rings (SSSR count). The van der Waals surface area contributed by atoms with E-state index in [9.17, 15) is 10.1 Å². The number of halogens is 4. The van der Waals surface area contributed by atoms with Gasteiger partial charge in [-0.05, 0) is 6.42 Å². The molecule has 0 aromatic rings. The third kappa shape index (κ3) is 2.06. The highest BCUT2D eigenvalue weighted by Gasteiger charge is 2.58. The number of rotatable bonds is 1. The van der Waals surface area contributed by atoms with Crippen molar-refractivity contribution in [2.45, 2.75) is 38.2 Å². The van der Waals surface area contributed by atoms with Gasteiger partial charge < -0.3 is 0 Å². The van der Waals surface area contributed by atoms with Crippen molar-refractivity contribution >= 4 is 63.7 Å². The van der Waals surface area contributed by atoms with Gasteiger partial charge in [-0.25, -0.2) is 0 Å². The van der Waals surface area contributed by atoms with E-state index in [2.05, 4.69) is 63.7 Å². The fourth-order valence-electron chi connectivity index (χ4n) is 1.54. The Morgan fingerprint density at radius 2 is 1.57 bits per heavy atom. The maximum absolute atomic E-state index is 11.1. The molecule has 0 aromatic carbocycles. The molecule has 0 saturated heterocycles. The van der Waals surface area contributed by atoms with Gasteiger partial charge >= 0.3 is 0 Å². The second-order valence-electron chi connectivity index (χ2n) is 3.55. The molecule has 0 radical (unpaired) electrons. The predicted octanol–water partition coefficient (Wildman–Crippen LogP) is 3.48. The molecule has 1 aliphatic carbocycles. The van der Waals surface area contributed by atoms with Gasteiger partial charge in [0.15, 0.2) is 0 Å². The van der Waals surface area contributed by atoms with Gasteiger partial charge in [0, 0.05) is 21.5 Å². The van der Waals surface area contributed by atoms with Crippen LogP contribution < -0.4 is 0 Å². The van der Waals surface area contributed by atoms with Crippen LogP contribution in [0.1, 0.15) is 13.3 Å². The van der Waals surface area contributed by atoms with Gasteiger partial charge in [-0.15, -0.1) is 0 Å². The van der Waals surface area contributed by atoms with Crippen molar-refractivity contribution in [1.29, 1.82) is 0 Å². The Kier molecular flexibility index (Phi) is 4.47. The van der Waals surface area contributed by atoms with Gasteiger partial charge in [-0.3, -0.25) is 10.1 Å². The summed E-state index contributed by atoms with van der Waals surface area (Å²) in [7, 11) is 0. The summed E-state index contributed by atoms with van der Waals surface area (Å²) >= 11 is 13.7. The largest absolute Gasteiger partial charge is 0.264 e. The second-order valence-corrected chi connectivity index (χ2v) is 7.88. The summed E-state index contributed by atoms with van der Waals surface area (Å²) in [5.74, 6) is 0. The van der Waals surface area contributed by atoms with Crippen molar-refractivity contribution in [2.75, 3.05) is 0 Å². The fraction of sp³-hybridized carbons (Fsp3) is 1.00. The third-order valence-corrected chi connectivity index (χ3v) is 8.95. The Balaban J connectivity index is 3.04. The van der Waals surface area contributed by atoms with Crippen LogP contribution >= 0.6 is 63.7 Å². The molecule has 4 unspecified atom stereocenters. The van der Waals surface area contributed by atoms with E-state index in [0.29, 0.717) is 0 Å². The van der Waals surface area contributed by atoms with Crippen LogP contribution in [0, 0.1) is 10.1 Å². The molecule has 0 N–H and O–H groups in total. The van der Waals surface area contributed by atoms with Gasteiger partial charge in [-0.1, -0.05) is 63.7 Å². The molecule has 0 amide bonds. The lowest BCUT2D eigenvalue weighted by Gasteiger charge is -2.40. The quantitative estimate of drug-likeness (QED) is 0.343. The molecule has 3 nitrogen and oxygen atoms in total. The summed E-state index contributed by atoms with van der Waals surface area (Å²) in [6.45, 7) is 1.66. The predicted molar refractivity (Wildman–Crippen MR) is 70.9 cm³/mol. The average Bonchev–Trinajstić information content (AvgIpc) is 2.11. The zero-order chi connectivity index (χ0) is 11.1. The van der Waals surface area contributed by atoms with E-state index in [1.54, 1.807) is 6.92 Å². The molecule has 1 saturated carbocycles. The zero-order valence-electron chi connectivity index (χ0n) is 7.29. The van der Waals surface area contributed by atoms with E-state index < -0.39 is 5.54 Å². The molecule has 0 spiro atoms. The van der Waals surface area contributed by atoms with Gasteiger partial charge in [0.2, 0.25) is 5.54 Å². The van der Waals surface area contributed by atoms with Crippen molar-refractivity contribution in [3.63, 3.8) is 0 Å². The van der Waals surface area contributed by atoms with Crippen LogP contribution in [0.4, 0.5) is 0 Å². The van der Waals surface area contributed by atoms with Gasteiger partial charge in [0.05, 0.1) is 9.65 Å². The topological polar surface area (TPSA) is 43.1 Å². The highest BCUT2D eigenvalue weighted by atomic mass is 79.9. The van der Waals surface area contributed by atoms with Crippen LogP contribution in [0.3, 0.4) is 0 Å². The Morgan fingerprint density at radius 3 is 1.86 bits per heavy atom. The fourth-order valence-corrected chi connectivity index (χ4v) is 5.61. The van der Waals surface area contributed by atoms with Crippen LogP contribution in [-0.2, 0) is 0 Å². The van der Waals surface area contributed by atoms with Gasteiger partial charge in [0.1, 0.15) is 0 Å². The minimum atomic E-state index is -0.999. The Labute approximate surface area is 116 Å². The zero-order valence-corrected chi connectivity index (χ0v) is 13.6. The molecule has 82 valence electrons. The van der Waals surface area contributed by atoms with E-state index in [1.807, 2.05) is 0 Å². The summed E-state index contributed by atoms with van der Waals surface area (Å²) in [5.41, 5.74) is -0.999. The number of nitrogens with zero attached hydrogens (tertiary/aromatic N) is 1. The number of nitro groups is 1. The Bertz CT molecular complexity index is 236. The van der Waals surface area contributed by atoms with E-state index in [1.165, 1.54) is 0 Å². The van der Waals surface area contributed by atoms with Crippen molar-refractivity contribution in [3.05, 3.63) is 10.1 Å². The summed E-state index contributed by atoms with van der Waals surface area (Å²) in [6, 6.07) is 0. The second kappa shape index (κ2) is 4.67. The molecule has 0 heterocycles. The smallest absolute Gasteiger partial charge is 0.246 e. The van der Waals surface area contributed by atoms with E-state index in [0.717, 1.165) is 6.42 Å². The molecule has 4 atom stereocenters. The molecule has 1 fully saturated rings. The molecule has 1 aliphatic rings. The molecule has 0 aliphatic heterocycles. The van der Waals surface area contributed by atoms with Crippen molar-refractivity contribution < 1.29 is 4.92 Å². The third-order valence-electron chi connectivity index (χ3n) is 2.60. The van der Waals surface area contributed by atoms with Crippen molar-refractivity contribution in [3.8, 4) is 0 Å². The first-order chi connectivity index (χ1) is 6.31. The minimum Gasteiger partial charge on any atom is -0.264 e. The maximum Gasteiger partial charge on any atom is 0.246 e. The SMILES string of the molecule is CC1([N+](=O)[O-])C(Br)C(Br)CC(Br)C1Br. The normalized spacial score (nSPS) is 48.9. The lowest BCUT2D eigenvalue weighted by Crippen LogP contribution is -2.60. The van der Waals surface area contributed by atoms with Crippen LogP contribution in [0.5, 0.6) is 0 Å². The number of alkyl halides is 4. The van der Waals surface area contributed by atoms with Crippen LogP contribution in [0.25, 0.3) is 0 Å². The van der Waals surface area contributed by atoms with Crippen LogP contribution in [-0.4, -0.2) is 29.8 Å². The molecular formula is C7H9Br4NO2. The standard InChI is InChI=1S/C7H9Br4NO2/c1-7(12(13)14)5(10)3(8)2-4(9)6(7)11/h3-6H,2H2,1H3. The first-order valence-electron chi connectivity index (χ1n) is 4.02. The summed E-state index contributed by atoms with van der Waals surface area (Å²) in [6.07, 6.45) is 0.856. The molecule has 7 heteroatoms. The first-order valence-corrected chi connectivity index (χ1v) is 7.68. The highest BCUT2D eigenvalue weighted by molar-refractivity contribution is 9.13. The Hall–Kier alpha value is 1.32. The summed E-state index contributed by atoms with van der Waals surface area (Å²) in [5, 5.41) is 11.1. The summed E-state index contributed by atoms with van der Waals surface area (Å²) < 4.78 is 0. The number of hydrogen-bond donors (Lipinski definition) is 0. The average molecular weight is 459 g/mol. The summed E-state index contributed by atoms with van der Waals surface area (Å²) in [4.78, 5) is 10.7. The number of hydrogen-bond acceptors (Lipinski definition) is 2. The van der Waals surface area contributed by atoms with E-state index in [-0.39, 0.29) is 24.2 Å². The van der Waals surface area contributed by atoms with E-state index in [4.69, 9.17) is 0 Å². The van der Waals surface area contributed by atoms with Crippen LogP contribution in [0.15, 0.2) is 0 Å². The molecular weight excluding hydrogens is 450 g/mol. The highest BCUT2D eigenvalue weighted by Crippen LogP contribution is 2.45. The molecule has 14 heavy (non-hydrogen) atoms. The van der Waals surface area contributed by atoms with Crippen LogP contribution in [0.2, 0.25) is 0 Å². The molecule has 0 aromatic heterocycles. The lowest BCUT2D eigenvalue weighted by molar-refractivity contribution is -0.564. The van der Waals surface area contributed by atoms with Crippen molar-refractivity contribution in [1.82, 2.24) is 0 Å². The van der Waals surface area contributed by atoms with Gasteiger partial charge in [0.25, 0.3) is 0 Å².